The second kappa shape index (κ2) is 8.18. The van der Waals surface area contributed by atoms with Crippen molar-refractivity contribution in [3.63, 3.8) is 0 Å². The largest absolute Gasteiger partial charge is 0.481 e. The Labute approximate surface area is 121 Å². The minimum atomic E-state index is -0.876. The van der Waals surface area contributed by atoms with Gasteiger partial charge in [-0.3, -0.25) is 9.59 Å². The van der Waals surface area contributed by atoms with Crippen molar-refractivity contribution >= 4 is 11.8 Å². The van der Waals surface area contributed by atoms with Crippen LogP contribution in [0.15, 0.2) is 18.2 Å². The summed E-state index contributed by atoms with van der Waals surface area (Å²) < 4.78 is 30.8. The molecule has 0 fully saturated rings. The topological polar surface area (TPSA) is 67.4 Å². The van der Waals surface area contributed by atoms with E-state index in [-0.39, 0.29) is 30.7 Å². The third-order valence-corrected chi connectivity index (χ3v) is 2.38. The van der Waals surface area contributed by atoms with E-state index >= 15 is 0 Å². The van der Waals surface area contributed by atoms with Crippen LogP contribution in [0.2, 0.25) is 0 Å². The van der Waals surface area contributed by atoms with Crippen LogP contribution in [-0.2, 0) is 9.59 Å². The molecule has 0 bridgehead atoms. The van der Waals surface area contributed by atoms with E-state index in [1.165, 1.54) is 0 Å². The van der Waals surface area contributed by atoms with Gasteiger partial charge < -0.3 is 15.4 Å². The second-order valence-corrected chi connectivity index (χ2v) is 4.69. The number of rotatable bonds is 7. The van der Waals surface area contributed by atoms with Crippen molar-refractivity contribution in [3.05, 3.63) is 29.8 Å². The van der Waals surface area contributed by atoms with Crippen molar-refractivity contribution in [3.8, 4) is 5.75 Å². The van der Waals surface area contributed by atoms with Crippen LogP contribution in [0.25, 0.3) is 0 Å². The molecule has 21 heavy (non-hydrogen) atoms. The molecule has 0 unspecified atom stereocenters. The summed E-state index contributed by atoms with van der Waals surface area (Å²) in [5.74, 6) is -2.46. The third kappa shape index (κ3) is 6.69. The van der Waals surface area contributed by atoms with E-state index < -0.39 is 24.1 Å². The van der Waals surface area contributed by atoms with Crippen molar-refractivity contribution < 1.29 is 23.1 Å². The van der Waals surface area contributed by atoms with Crippen molar-refractivity contribution in [1.82, 2.24) is 10.6 Å². The molecule has 2 amide bonds. The zero-order valence-corrected chi connectivity index (χ0v) is 11.9. The normalized spacial score (nSPS) is 10.3. The van der Waals surface area contributed by atoms with E-state index in [0.29, 0.717) is 6.07 Å². The molecule has 0 spiro atoms. The molecule has 1 aromatic rings. The number of hydrogen-bond donors (Lipinski definition) is 2. The van der Waals surface area contributed by atoms with Crippen LogP contribution in [-0.4, -0.2) is 31.0 Å². The van der Waals surface area contributed by atoms with Gasteiger partial charge in [-0.15, -0.1) is 0 Å². The fourth-order valence-corrected chi connectivity index (χ4v) is 1.50. The van der Waals surface area contributed by atoms with Crippen LogP contribution < -0.4 is 15.4 Å². The van der Waals surface area contributed by atoms with Gasteiger partial charge in [-0.25, -0.2) is 8.78 Å². The number of benzene rings is 1. The second-order valence-electron chi connectivity index (χ2n) is 4.69. The average molecular weight is 300 g/mol. The Balaban J connectivity index is 2.27. The van der Waals surface area contributed by atoms with E-state index in [1.807, 2.05) is 13.8 Å². The first-order chi connectivity index (χ1) is 9.88. The smallest absolute Gasteiger partial charge is 0.257 e. The van der Waals surface area contributed by atoms with Crippen molar-refractivity contribution in [2.45, 2.75) is 26.3 Å². The molecule has 0 saturated carbocycles. The summed E-state index contributed by atoms with van der Waals surface area (Å²) in [6.07, 6.45) is 0.148. The minimum absolute atomic E-state index is 0.0398. The van der Waals surface area contributed by atoms with Gasteiger partial charge in [0.15, 0.2) is 18.2 Å². The highest BCUT2D eigenvalue weighted by atomic mass is 19.1. The standard InChI is InChI=1S/C14H18F2N2O3/c1-9(2)18-13(19)5-6-17-14(20)8-21-12-4-3-10(15)7-11(12)16/h3-4,7,9H,5-6,8H2,1-2H3,(H,17,20)(H,18,19). The van der Waals surface area contributed by atoms with E-state index in [9.17, 15) is 18.4 Å². The summed E-state index contributed by atoms with van der Waals surface area (Å²) >= 11 is 0. The Morgan fingerprint density at radius 2 is 1.95 bits per heavy atom. The van der Waals surface area contributed by atoms with Crippen LogP contribution in [0, 0.1) is 11.6 Å². The van der Waals surface area contributed by atoms with E-state index in [4.69, 9.17) is 4.74 Å². The zero-order chi connectivity index (χ0) is 15.8. The van der Waals surface area contributed by atoms with Gasteiger partial charge in [0.2, 0.25) is 5.91 Å². The summed E-state index contributed by atoms with van der Waals surface area (Å²) in [5, 5.41) is 5.15. The first-order valence-electron chi connectivity index (χ1n) is 6.52. The monoisotopic (exact) mass is 300 g/mol. The molecule has 5 nitrogen and oxygen atoms in total. The molecule has 0 saturated heterocycles. The van der Waals surface area contributed by atoms with Crippen molar-refractivity contribution in [2.75, 3.05) is 13.2 Å². The van der Waals surface area contributed by atoms with E-state index in [1.54, 1.807) is 0 Å². The van der Waals surface area contributed by atoms with Crippen LogP contribution in [0.4, 0.5) is 8.78 Å². The number of hydrogen-bond acceptors (Lipinski definition) is 3. The molecule has 0 aliphatic carbocycles. The Morgan fingerprint density at radius 3 is 2.57 bits per heavy atom. The Kier molecular flexibility index (Phi) is 6.58. The van der Waals surface area contributed by atoms with Crippen molar-refractivity contribution in [1.29, 1.82) is 0 Å². The lowest BCUT2D eigenvalue weighted by Gasteiger charge is -2.10. The molecular formula is C14H18F2N2O3. The maximum atomic E-state index is 13.2. The Bertz CT molecular complexity index is 507. The van der Waals surface area contributed by atoms with Gasteiger partial charge in [0, 0.05) is 25.1 Å². The fraction of sp³-hybridized carbons (Fsp3) is 0.429. The first-order valence-corrected chi connectivity index (χ1v) is 6.52. The van der Waals surface area contributed by atoms with Gasteiger partial charge in [-0.2, -0.15) is 0 Å². The molecule has 0 aromatic heterocycles. The quantitative estimate of drug-likeness (QED) is 0.799. The number of ether oxygens (including phenoxy) is 1. The number of carbonyl (C=O) groups is 2. The summed E-state index contributed by atoms with van der Waals surface area (Å²) in [6, 6.07) is 2.85. The number of carbonyl (C=O) groups excluding carboxylic acids is 2. The third-order valence-electron chi connectivity index (χ3n) is 2.38. The van der Waals surface area contributed by atoms with Gasteiger partial charge in [0.1, 0.15) is 5.82 Å². The highest BCUT2D eigenvalue weighted by Gasteiger charge is 2.09. The van der Waals surface area contributed by atoms with Crippen LogP contribution in [0.3, 0.4) is 0 Å². The molecule has 7 heteroatoms. The predicted octanol–water partition coefficient (Wildman–Crippen LogP) is 1.37. The predicted molar refractivity (Wildman–Crippen MR) is 72.8 cm³/mol. The zero-order valence-electron chi connectivity index (χ0n) is 11.9. The van der Waals surface area contributed by atoms with Gasteiger partial charge in [-0.05, 0) is 26.0 Å². The summed E-state index contributed by atoms with van der Waals surface area (Å²) in [6.45, 7) is 3.42. The van der Waals surface area contributed by atoms with Crippen LogP contribution >= 0.6 is 0 Å². The molecule has 0 aliphatic heterocycles. The SMILES string of the molecule is CC(C)NC(=O)CCNC(=O)COc1ccc(F)cc1F. The van der Waals surface area contributed by atoms with Crippen molar-refractivity contribution in [2.24, 2.45) is 0 Å². The van der Waals surface area contributed by atoms with Gasteiger partial charge in [-0.1, -0.05) is 0 Å². The fourth-order valence-electron chi connectivity index (χ4n) is 1.50. The highest BCUT2D eigenvalue weighted by molar-refractivity contribution is 5.79. The molecule has 0 atom stereocenters. The van der Waals surface area contributed by atoms with Crippen LogP contribution in [0.1, 0.15) is 20.3 Å². The molecule has 1 aromatic carbocycles. The first kappa shape index (κ1) is 16.9. The van der Waals surface area contributed by atoms with E-state index in [0.717, 1.165) is 12.1 Å². The molecule has 0 heterocycles. The highest BCUT2D eigenvalue weighted by Crippen LogP contribution is 2.17. The van der Waals surface area contributed by atoms with Gasteiger partial charge in [0.05, 0.1) is 0 Å². The average Bonchev–Trinajstić information content (AvgIpc) is 2.36. The lowest BCUT2D eigenvalue weighted by Crippen LogP contribution is -2.35. The molecule has 0 radical (unpaired) electrons. The summed E-state index contributed by atoms with van der Waals surface area (Å²) in [4.78, 5) is 22.7. The lowest BCUT2D eigenvalue weighted by atomic mass is 10.3. The maximum Gasteiger partial charge on any atom is 0.257 e. The Hall–Kier alpha value is -2.18. The minimum Gasteiger partial charge on any atom is -0.481 e. The van der Waals surface area contributed by atoms with Gasteiger partial charge >= 0.3 is 0 Å². The van der Waals surface area contributed by atoms with Crippen LogP contribution in [0.5, 0.6) is 5.75 Å². The Morgan fingerprint density at radius 1 is 1.24 bits per heavy atom. The molecule has 1 rings (SSSR count). The molecule has 116 valence electrons. The molecule has 2 N–H and O–H groups in total. The van der Waals surface area contributed by atoms with E-state index in [2.05, 4.69) is 10.6 Å². The molecular weight excluding hydrogens is 282 g/mol. The van der Waals surface area contributed by atoms with Gasteiger partial charge in [0.25, 0.3) is 5.91 Å². The summed E-state index contributed by atoms with van der Waals surface area (Å²) in [7, 11) is 0. The number of amides is 2. The number of nitrogens with one attached hydrogen (secondary N) is 2. The molecule has 0 aliphatic rings. The lowest BCUT2D eigenvalue weighted by molar-refractivity contribution is -0.123. The number of halogens is 2. The summed E-state index contributed by atoms with van der Waals surface area (Å²) in [5.41, 5.74) is 0. The maximum absolute atomic E-state index is 13.2.